The number of likely N-dealkylation sites (tertiary alicyclic amines) is 1. The van der Waals surface area contributed by atoms with Gasteiger partial charge in [0.2, 0.25) is 0 Å². The van der Waals surface area contributed by atoms with E-state index in [2.05, 4.69) is 42.8 Å². The maximum absolute atomic E-state index is 5.41. The third-order valence-electron chi connectivity index (χ3n) is 3.08. The van der Waals surface area contributed by atoms with Crippen molar-refractivity contribution in [2.24, 2.45) is 0 Å². The highest BCUT2D eigenvalue weighted by molar-refractivity contribution is 9.10. The lowest BCUT2D eigenvalue weighted by Gasteiger charge is -2.30. The summed E-state index contributed by atoms with van der Waals surface area (Å²) in [5, 5.41) is 0. The van der Waals surface area contributed by atoms with Gasteiger partial charge in [-0.05, 0) is 37.6 Å². The van der Waals surface area contributed by atoms with Crippen molar-refractivity contribution in [1.29, 1.82) is 0 Å². The first-order chi connectivity index (χ1) is 8.19. The second-order valence-electron chi connectivity index (χ2n) is 4.43. The van der Waals surface area contributed by atoms with Crippen LogP contribution in [0.1, 0.15) is 18.4 Å². The van der Waals surface area contributed by atoms with Gasteiger partial charge in [-0.15, -0.1) is 0 Å². The lowest BCUT2D eigenvalue weighted by Crippen LogP contribution is -2.35. The molecule has 1 fully saturated rings. The molecular formula is C13H17Br2NO. The summed E-state index contributed by atoms with van der Waals surface area (Å²) < 4.78 is 6.52. The maximum atomic E-state index is 5.41. The van der Waals surface area contributed by atoms with Crippen LogP contribution < -0.4 is 4.74 Å². The Hall–Kier alpha value is -0.0600. The Morgan fingerprint density at radius 2 is 2.29 bits per heavy atom. The molecule has 1 aliphatic heterocycles. The Balaban J connectivity index is 2.08. The Bertz CT molecular complexity index is 384. The second kappa shape index (κ2) is 6.21. The topological polar surface area (TPSA) is 12.5 Å². The van der Waals surface area contributed by atoms with Crippen molar-refractivity contribution < 1.29 is 4.74 Å². The maximum Gasteiger partial charge on any atom is 0.123 e. The van der Waals surface area contributed by atoms with E-state index < -0.39 is 0 Å². The zero-order chi connectivity index (χ0) is 12.3. The van der Waals surface area contributed by atoms with Gasteiger partial charge in [0.05, 0.1) is 7.11 Å². The molecule has 0 radical (unpaired) electrons. The van der Waals surface area contributed by atoms with Crippen molar-refractivity contribution >= 4 is 31.9 Å². The summed E-state index contributed by atoms with van der Waals surface area (Å²) in [6.45, 7) is 3.26. The third-order valence-corrected chi connectivity index (χ3v) is 4.33. The minimum Gasteiger partial charge on any atom is -0.496 e. The summed E-state index contributed by atoms with van der Waals surface area (Å²) >= 11 is 7.23. The first-order valence-electron chi connectivity index (χ1n) is 5.88. The van der Waals surface area contributed by atoms with Gasteiger partial charge in [0.25, 0.3) is 0 Å². The zero-order valence-corrected chi connectivity index (χ0v) is 13.1. The van der Waals surface area contributed by atoms with Crippen molar-refractivity contribution in [2.75, 3.05) is 20.2 Å². The van der Waals surface area contributed by atoms with Gasteiger partial charge >= 0.3 is 0 Å². The van der Waals surface area contributed by atoms with Crippen LogP contribution in [0.25, 0.3) is 0 Å². The fourth-order valence-electron chi connectivity index (χ4n) is 2.25. The van der Waals surface area contributed by atoms with Crippen LogP contribution in [0.15, 0.2) is 22.7 Å². The summed E-state index contributed by atoms with van der Waals surface area (Å²) in [5.74, 6) is 0.977. The van der Waals surface area contributed by atoms with Crippen LogP contribution in [-0.4, -0.2) is 29.9 Å². The number of piperidine rings is 1. The van der Waals surface area contributed by atoms with Crippen LogP contribution >= 0.6 is 31.9 Å². The van der Waals surface area contributed by atoms with E-state index in [-0.39, 0.29) is 0 Å². The number of methoxy groups -OCH3 is 1. The number of rotatable bonds is 3. The quantitative estimate of drug-likeness (QED) is 0.758. The van der Waals surface area contributed by atoms with Gasteiger partial charge in [-0.3, -0.25) is 4.90 Å². The smallest absolute Gasteiger partial charge is 0.123 e. The predicted molar refractivity (Wildman–Crippen MR) is 77.9 cm³/mol. The van der Waals surface area contributed by atoms with Crippen LogP contribution in [-0.2, 0) is 6.54 Å². The fraction of sp³-hybridized carbons (Fsp3) is 0.538. The molecule has 2 nitrogen and oxygen atoms in total. The monoisotopic (exact) mass is 361 g/mol. The third kappa shape index (κ3) is 3.70. The van der Waals surface area contributed by atoms with Crippen LogP contribution in [0.2, 0.25) is 0 Å². The van der Waals surface area contributed by atoms with Gasteiger partial charge in [-0.25, -0.2) is 0 Å². The van der Waals surface area contributed by atoms with E-state index in [1.165, 1.54) is 24.9 Å². The molecule has 2 rings (SSSR count). The molecule has 0 spiro atoms. The lowest BCUT2D eigenvalue weighted by molar-refractivity contribution is 0.225. The first-order valence-corrected chi connectivity index (χ1v) is 7.59. The zero-order valence-electron chi connectivity index (χ0n) is 9.96. The van der Waals surface area contributed by atoms with Crippen molar-refractivity contribution in [3.8, 4) is 5.75 Å². The van der Waals surface area contributed by atoms with E-state index in [0.29, 0.717) is 4.83 Å². The van der Waals surface area contributed by atoms with Crippen molar-refractivity contribution in [3.05, 3.63) is 28.2 Å². The van der Waals surface area contributed by atoms with E-state index in [1.54, 1.807) is 7.11 Å². The minimum absolute atomic E-state index is 0.634. The first kappa shape index (κ1) is 13.4. The molecule has 1 saturated heterocycles. The molecule has 1 heterocycles. The van der Waals surface area contributed by atoms with Gasteiger partial charge in [0.15, 0.2) is 0 Å². The summed E-state index contributed by atoms with van der Waals surface area (Å²) in [4.78, 5) is 3.11. The molecule has 1 aliphatic rings. The second-order valence-corrected chi connectivity index (χ2v) is 6.64. The number of ether oxygens (including phenoxy) is 1. The molecule has 0 aliphatic carbocycles. The number of alkyl halides is 1. The average molecular weight is 363 g/mol. The van der Waals surface area contributed by atoms with E-state index in [1.807, 2.05) is 12.1 Å². The fourth-order valence-corrected chi connectivity index (χ4v) is 3.40. The number of benzene rings is 1. The Kier molecular flexibility index (Phi) is 4.88. The predicted octanol–water partition coefficient (Wildman–Crippen LogP) is 3.82. The van der Waals surface area contributed by atoms with Gasteiger partial charge in [0, 0.05) is 28.0 Å². The molecule has 1 aromatic carbocycles. The number of hydrogen-bond acceptors (Lipinski definition) is 2. The molecule has 4 heteroatoms. The normalized spacial score (nSPS) is 21.5. The highest BCUT2D eigenvalue weighted by Crippen LogP contribution is 2.26. The van der Waals surface area contributed by atoms with Crippen molar-refractivity contribution in [1.82, 2.24) is 4.90 Å². The van der Waals surface area contributed by atoms with Crippen LogP contribution in [0.4, 0.5) is 0 Å². The van der Waals surface area contributed by atoms with E-state index in [4.69, 9.17) is 4.74 Å². The highest BCUT2D eigenvalue weighted by Gasteiger charge is 2.18. The van der Waals surface area contributed by atoms with Crippen LogP contribution in [0.3, 0.4) is 0 Å². The molecule has 1 aromatic rings. The van der Waals surface area contributed by atoms with Gasteiger partial charge in [-0.2, -0.15) is 0 Å². The lowest BCUT2D eigenvalue weighted by atomic mass is 10.1. The highest BCUT2D eigenvalue weighted by atomic mass is 79.9. The number of hydrogen-bond donors (Lipinski definition) is 0. The number of nitrogens with zero attached hydrogens (tertiary/aromatic N) is 1. The molecule has 1 atom stereocenters. The molecular weight excluding hydrogens is 346 g/mol. The SMILES string of the molecule is COc1ccc(Br)cc1CN1CCCC(Br)C1. The standard InChI is InChI=1S/C13H17Br2NO/c1-17-13-5-4-11(14)7-10(13)8-16-6-2-3-12(15)9-16/h4-5,7,12H,2-3,6,8-9H2,1H3. The van der Waals surface area contributed by atoms with E-state index in [0.717, 1.165) is 23.3 Å². The van der Waals surface area contributed by atoms with Crippen LogP contribution in [0, 0.1) is 0 Å². The molecule has 94 valence electrons. The molecule has 0 bridgehead atoms. The minimum atomic E-state index is 0.634. The van der Waals surface area contributed by atoms with Gasteiger partial charge in [-0.1, -0.05) is 31.9 Å². The Morgan fingerprint density at radius 3 is 3.00 bits per heavy atom. The molecule has 17 heavy (non-hydrogen) atoms. The van der Waals surface area contributed by atoms with Crippen molar-refractivity contribution in [2.45, 2.75) is 24.2 Å². The molecule has 1 unspecified atom stereocenters. The Labute approximate surface area is 120 Å². The molecule has 0 N–H and O–H groups in total. The van der Waals surface area contributed by atoms with Gasteiger partial charge in [0.1, 0.15) is 5.75 Å². The largest absolute Gasteiger partial charge is 0.496 e. The summed E-state index contributed by atoms with van der Waals surface area (Å²) in [6, 6.07) is 6.19. The average Bonchev–Trinajstić information content (AvgIpc) is 2.29. The Morgan fingerprint density at radius 1 is 1.47 bits per heavy atom. The summed E-state index contributed by atoms with van der Waals surface area (Å²) in [7, 11) is 1.73. The van der Waals surface area contributed by atoms with Crippen LogP contribution in [0.5, 0.6) is 5.75 Å². The number of halogens is 2. The molecule has 0 aromatic heterocycles. The summed E-state index contributed by atoms with van der Waals surface area (Å²) in [5.41, 5.74) is 1.25. The van der Waals surface area contributed by atoms with E-state index >= 15 is 0 Å². The summed E-state index contributed by atoms with van der Waals surface area (Å²) in [6.07, 6.45) is 2.55. The molecule has 0 saturated carbocycles. The van der Waals surface area contributed by atoms with E-state index in [9.17, 15) is 0 Å². The van der Waals surface area contributed by atoms with Crippen molar-refractivity contribution in [3.63, 3.8) is 0 Å². The molecule has 0 amide bonds. The van der Waals surface area contributed by atoms with Gasteiger partial charge < -0.3 is 4.74 Å².